The van der Waals surface area contributed by atoms with Crippen LogP contribution in [0.3, 0.4) is 0 Å². The third-order valence-electron chi connectivity index (χ3n) is 6.10. The Hall–Kier alpha value is -2.61. The van der Waals surface area contributed by atoms with Crippen LogP contribution >= 0.6 is 0 Å². The molecular formula is C22H32N4O4. The molecule has 0 saturated carbocycles. The largest absolute Gasteiger partial charge is 0.497 e. The Balaban J connectivity index is 1.60. The number of ether oxygens (including phenoxy) is 1. The molecule has 0 radical (unpaired) electrons. The fourth-order valence-electron chi connectivity index (χ4n) is 4.30. The zero-order chi connectivity index (χ0) is 21.7. The number of methoxy groups -OCH3 is 1. The molecule has 2 atom stereocenters. The van der Waals surface area contributed by atoms with Crippen LogP contribution in [0.5, 0.6) is 5.75 Å². The van der Waals surface area contributed by atoms with E-state index in [9.17, 15) is 14.4 Å². The number of carbonyl (C=O) groups excluding carboxylic acids is 3. The second-order valence-electron chi connectivity index (χ2n) is 8.32. The smallest absolute Gasteiger partial charge is 0.344 e. The highest BCUT2D eigenvalue weighted by Gasteiger charge is 2.50. The van der Waals surface area contributed by atoms with E-state index in [1.165, 1.54) is 19.3 Å². The molecule has 2 aliphatic heterocycles. The Morgan fingerprint density at radius 1 is 1.23 bits per heavy atom. The number of rotatable bonds is 7. The van der Waals surface area contributed by atoms with E-state index in [4.69, 9.17) is 4.74 Å². The van der Waals surface area contributed by atoms with Crippen LogP contribution in [0.15, 0.2) is 24.3 Å². The molecule has 2 saturated heterocycles. The second-order valence-corrected chi connectivity index (χ2v) is 8.32. The number of hydrogen-bond donors (Lipinski definition) is 2. The number of urea groups is 1. The summed E-state index contributed by atoms with van der Waals surface area (Å²) in [5, 5.41) is 3.49. The Labute approximate surface area is 177 Å². The van der Waals surface area contributed by atoms with Crippen LogP contribution in [0.4, 0.5) is 4.79 Å². The molecule has 1 aromatic rings. The lowest BCUT2D eigenvalue weighted by molar-refractivity contribution is -0.139. The summed E-state index contributed by atoms with van der Waals surface area (Å²) in [6.07, 6.45) is 5.76. The van der Waals surface area contributed by atoms with Gasteiger partial charge in [-0.2, -0.15) is 5.01 Å². The van der Waals surface area contributed by atoms with Crippen LogP contribution in [-0.4, -0.2) is 54.5 Å². The van der Waals surface area contributed by atoms with Crippen molar-refractivity contribution >= 4 is 17.8 Å². The third kappa shape index (κ3) is 4.75. The van der Waals surface area contributed by atoms with Crippen LogP contribution in [0, 0.1) is 5.92 Å². The first-order valence-electron chi connectivity index (χ1n) is 10.7. The molecule has 30 heavy (non-hydrogen) atoms. The van der Waals surface area contributed by atoms with E-state index >= 15 is 0 Å². The molecule has 0 bridgehead atoms. The van der Waals surface area contributed by atoms with Gasteiger partial charge in [0.15, 0.2) is 0 Å². The van der Waals surface area contributed by atoms with Crippen molar-refractivity contribution in [1.82, 2.24) is 20.7 Å². The Morgan fingerprint density at radius 2 is 1.97 bits per heavy atom. The minimum Gasteiger partial charge on any atom is -0.497 e. The fraction of sp³-hybridized carbons (Fsp3) is 0.591. The molecule has 2 unspecified atom stereocenters. The van der Waals surface area contributed by atoms with E-state index < -0.39 is 17.5 Å². The lowest BCUT2D eigenvalue weighted by Crippen LogP contribution is -2.50. The molecule has 8 heteroatoms. The Morgan fingerprint density at radius 3 is 2.63 bits per heavy atom. The van der Waals surface area contributed by atoms with Gasteiger partial charge in [-0.3, -0.25) is 19.9 Å². The highest BCUT2D eigenvalue weighted by Crippen LogP contribution is 2.29. The van der Waals surface area contributed by atoms with Crippen LogP contribution in [0.2, 0.25) is 0 Å². The van der Waals surface area contributed by atoms with Crippen molar-refractivity contribution in [2.75, 3.05) is 26.7 Å². The molecular weight excluding hydrogens is 384 g/mol. The van der Waals surface area contributed by atoms with E-state index in [1.54, 1.807) is 38.3 Å². The maximum absolute atomic E-state index is 13.0. The van der Waals surface area contributed by atoms with Gasteiger partial charge < -0.3 is 10.1 Å². The number of imide groups is 1. The predicted octanol–water partition coefficient (Wildman–Crippen LogP) is 2.40. The molecule has 1 aromatic carbocycles. The lowest BCUT2D eigenvalue weighted by atomic mass is 9.92. The van der Waals surface area contributed by atoms with Crippen molar-refractivity contribution in [2.45, 2.75) is 51.5 Å². The van der Waals surface area contributed by atoms with Crippen LogP contribution in [0.1, 0.15) is 51.5 Å². The van der Waals surface area contributed by atoms with E-state index in [-0.39, 0.29) is 12.5 Å². The number of amides is 4. The zero-order valence-corrected chi connectivity index (χ0v) is 18.1. The molecule has 3 rings (SSSR count). The Bertz CT molecular complexity index is 782. The summed E-state index contributed by atoms with van der Waals surface area (Å²) in [4.78, 5) is 40.1. The quantitative estimate of drug-likeness (QED) is 0.666. The van der Waals surface area contributed by atoms with Crippen LogP contribution in [0.25, 0.3) is 0 Å². The van der Waals surface area contributed by atoms with Crippen molar-refractivity contribution in [3.05, 3.63) is 29.8 Å². The van der Waals surface area contributed by atoms with Gasteiger partial charge in [0, 0.05) is 0 Å². The monoisotopic (exact) mass is 416 g/mol. The Kier molecular flexibility index (Phi) is 6.97. The number of hydrazine groups is 1. The fourth-order valence-corrected chi connectivity index (χ4v) is 4.30. The first kappa shape index (κ1) is 22.1. The topological polar surface area (TPSA) is 91.0 Å². The standard InChI is InChI=1S/C22H32N4O4/c1-4-6-16-7-5-13-25(14-12-16)15-19(27)24-26-20(28)22(2,23-21(26)29)17-8-10-18(30-3)11-9-17/h8-11,16H,4-7,12-15H2,1-3H3,(H,23,29)(H,24,27). The van der Waals surface area contributed by atoms with Gasteiger partial charge in [0.1, 0.15) is 11.3 Å². The normalized spacial score (nSPS) is 25.0. The van der Waals surface area contributed by atoms with Gasteiger partial charge in [0.2, 0.25) is 0 Å². The van der Waals surface area contributed by atoms with E-state index in [2.05, 4.69) is 22.6 Å². The molecule has 164 valence electrons. The summed E-state index contributed by atoms with van der Waals surface area (Å²) < 4.78 is 5.14. The van der Waals surface area contributed by atoms with Gasteiger partial charge >= 0.3 is 6.03 Å². The van der Waals surface area contributed by atoms with Gasteiger partial charge in [0.05, 0.1) is 13.7 Å². The molecule has 8 nitrogen and oxygen atoms in total. The first-order valence-corrected chi connectivity index (χ1v) is 10.7. The number of benzene rings is 1. The zero-order valence-electron chi connectivity index (χ0n) is 18.1. The predicted molar refractivity (Wildman–Crippen MR) is 113 cm³/mol. The van der Waals surface area contributed by atoms with E-state index in [0.29, 0.717) is 11.3 Å². The second kappa shape index (κ2) is 9.47. The van der Waals surface area contributed by atoms with Crippen molar-refractivity contribution in [2.24, 2.45) is 5.92 Å². The van der Waals surface area contributed by atoms with Gasteiger partial charge in [0.25, 0.3) is 11.8 Å². The highest BCUT2D eigenvalue weighted by atomic mass is 16.5. The average Bonchev–Trinajstić information content (AvgIpc) is 2.88. The number of hydrogen-bond acceptors (Lipinski definition) is 5. The minimum absolute atomic E-state index is 0.176. The van der Waals surface area contributed by atoms with Gasteiger partial charge in [-0.15, -0.1) is 0 Å². The molecule has 2 N–H and O–H groups in total. The maximum Gasteiger partial charge on any atom is 0.344 e. The molecule has 2 heterocycles. The van der Waals surface area contributed by atoms with Crippen molar-refractivity contribution in [3.63, 3.8) is 0 Å². The molecule has 2 aliphatic rings. The molecule has 2 fully saturated rings. The van der Waals surface area contributed by atoms with Crippen molar-refractivity contribution < 1.29 is 19.1 Å². The van der Waals surface area contributed by atoms with Crippen LogP contribution in [-0.2, 0) is 15.1 Å². The van der Waals surface area contributed by atoms with Gasteiger partial charge in [-0.1, -0.05) is 31.9 Å². The van der Waals surface area contributed by atoms with Gasteiger partial charge in [-0.25, -0.2) is 4.79 Å². The highest BCUT2D eigenvalue weighted by molar-refractivity contribution is 6.08. The summed E-state index contributed by atoms with van der Waals surface area (Å²) in [6.45, 7) is 5.73. The summed E-state index contributed by atoms with van der Waals surface area (Å²) in [6, 6.07) is 6.28. The van der Waals surface area contributed by atoms with E-state index in [1.807, 2.05) is 0 Å². The molecule has 0 spiro atoms. The molecule has 0 aliphatic carbocycles. The average molecular weight is 417 g/mol. The first-order chi connectivity index (χ1) is 14.4. The lowest BCUT2D eigenvalue weighted by Gasteiger charge is -2.23. The van der Waals surface area contributed by atoms with Crippen molar-refractivity contribution in [3.8, 4) is 5.75 Å². The van der Waals surface area contributed by atoms with E-state index in [0.717, 1.165) is 36.9 Å². The van der Waals surface area contributed by atoms with Gasteiger partial charge in [-0.05, 0) is 62.9 Å². The number of likely N-dealkylation sites (tertiary alicyclic amines) is 1. The molecule has 4 amide bonds. The number of carbonyl (C=O) groups is 3. The minimum atomic E-state index is -1.24. The summed E-state index contributed by atoms with van der Waals surface area (Å²) in [5.74, 6) is 0.512. The number of nitrogens with one attached hydrogen (secondary N) is 2. The SMILES string of the molecule is CCCC1CCCN(CC(=O)NN2C(=O)NC(C)(c3ccc(OC)cc3)C2=O)CC1. The summed E-state index contributed by atoms with van der Waals surface area (Å²) >= 11 is 0. The summed E-state index contributed by atoms with van der Waals surface area (Å²) in [5.41, 5.74) is 1.87. The summed E-state index contributed by atoms with van der Waals surface area (Å²) in [7, 11) is 1.56. The molecule has 0 aromatic heterocycles. The van der Waals surface area contributed by atoms with Crippen LogP contribution < -0.4 is 15.5 Å². The maximum atomic E-state index is 13.0. The number of nitrogens with zero attached hydrogens (tertiary/aromatic N) is 2. The third-order valence-corrected chi connectivity index (χ3v) is 6.10. The van der Waals surface area contributed by atoms with Crippen molar-refractivity contribution in [1.29, 1.82) is 0 Å².